The van der Waals surface area contributed by atoms with Gasteiger partial charge in [0.15, 0.2) is 0 Å². The van der Waals surface area contributed by atoms with Gasteiger partial charge in [-0.3, -0.25) is 4.57 Å². The van der Waals surface area contributed by atoms with Gasteiger partial charge in [0.1, 0.15) is 12.4 Å². The van der Waals surface area contributed by atoms with E-state index in [4.69, 9.17) is 4.74 Å². The monoisotopic (exact) mass is 272 g/mol. The van der Waals surface area contributed by atoms with Gasteiger partial charge in [-0.15, -0.1) is 5.10 Å². The Balaban J connectivity index is 2.22. The number of carbonyl (C=O) groups is 1. The number of rotatable bonds is 5. The molecule has 0 N–H and O–H groups in total. The summed E-state index contributed by atoms with van der Waals surface area (Å²) in [5, 5.41) is 10.4. The zero-order valence-corrected chi connectivity index (χ0v) is 9.90. The van der Waals surface area contributed by atoms with Crippen LogP contribution < -0.4 is 0 Å². The van der Waals surface area contributed by atoms with Crippen molar-refractivity contribution in [3.8, 4) is 0 Å². The van der Waals surface area contributed by atoms with Gasteiger partial charge in [0.05, 0.1) is 6.61 Å². The molecule has 2 aromatic rings. The van der Waals surface area contributed by atoms with Gasteiger partial charge in [-0.2, -0.15) is 8.78 Å². The van der Waals surface area contributed by atoms with Gasteiger partial charge >= 0.3 is 12.5 Å². The minimum Gasteiger partial charge on any atom is -0.460 e. The second-order valence-electron chi connectivity index (χ2n) is 3.41. The number of imidazole rings is 1. The summed E-state index contributed by atoms with van der Waals surface area (Å²) in [5.74, 6) is -0.846. The molecule has 0 spiro atoms. The molecule has 0 saturated heterocycles. The predicted molar refractivity (Wildman–Crippen MR) is 56.4 cm³/mol. The maximum absolute atomic E-state index is 12.6. The standard InChI is InChI=1S/C9H10F2N6O2/c1-2-19-8(18)7-13-14-15-17(7)5-6-12-3-4-16(6)9(10)11/h3-4,9H,2,5H2,1H3. The van der Waals surface area contributed by atoms with Crippen LogP contribution in [0.15, 0.2) is 12.4 Å². The third-order valence-corrected chi connectivity index (χ3v) is 2.24. The van der Waals surface area contributed by atoms with Crippen LogP contribution in [0.4, 0.5) is 8.78 Å². The summed E-state index contributed by atoms with van der Waals surface area (Å²) in [4.78, 5) is 15.3. The lowest BCUT2D eigenvalue weighted by molar-refractivity contribution is 0.0504. The molecule has 0 aliphatic heterocycles. The Morgan fingerprint density at radius 3 is 3.00 bits per heavy atom. The molecule has 2 heterocycles. The van der Waals surface area contributed by atoms with Gasteiger partial charge in [-0.05, 0) is 17.4 Å². The number of tetrazole rings is 1. The van der Waals surface area contributed by atoms with Gasteiger partial charge in [0.25, 0.3) is 5.82 Å². The molecule has 0 aliphatic rings. The highest BCUT2D eigenvalue weighted by Crippen LogP contribution is 2.13. The molecule has 8 nitrogen and oxygen atoms in total. The predicted octanol–water partition coefficient (Wildman–Crippen LogP) is 0.490. The van der Waals surface area contributed by atoms with Gasteiger partial charge < -0.3 is 4.74 Å². The van der Waals surface area contributed by atoms with Gasteiger partial charge in [0, 0.05) is 12.4 Å². The molecule has 0 bridgehead atoms. The van der Waals surface area contributed by atoms with E-state index in [0.29, 0.717) is 4.57 Å². The van der Waals surface area contributed by atoms with Crippen LogP contribution in [0.1, 0.15) is 29.9 Å². The second-order valence-corrected chi connectivity index (χ2v) is 3.41. The Bertz CT molecular complexity index is 567. The van der Waals surface area contributed by atoms with Crippen molar-refractivity contribution in [1.82, 2.24) is 29.8 Å². The number of esters is 1. The Kier molecular flexibility index (Phi) is 3.78. The average Bonchev–Trinajstić information content (AvgIpc) is 2.98. The highest BCUT2D eigenvalue weighted by atomic mass is 19.3. The van der Waals surface area contributed by atoms with Crippen molar-refractivity contribution < 1.29 is 18.3 Å². The first-order valence-corrected chi connectivity index (χ1v) is 5.36. The first-order valence-electron chi connectivity index (χ1n) is 5.36. The normalized spacial score (nSPS) is 10.9. The first-order chi connectivity index (χ1) is 9.13. The molecule has 0 fully saturated rings. The topological polar surface area (TPSA) is 87.7 Å². The van der Waals surface area contributed by atoms with E-state index in [2.05, 4.69) is 20.5 Å². The Morgan fingerprint density at radius 2 is 2.32 bits per heavy atom. The van der Waals surface area contributed by atoms with Gasteiger partial charge in [-0.1, -0.05) is 0 Å². The Morgan fingerprint density at radius 1 is 1.53 bits per heavy atom. The van der Waals surface area contributed by atoms with E-state index >= 15 is 0 Å². The van der Waals surface area contributed by atoms with Crippen molar-refractivity contribution in [3.63, 3.8) is 0 Å². The van der Waals surface area contributed by atoms with Crippen LogP contribution in [-0.4, -0.2) is 42.3 Å². The molecule has 2 aromatic heterocycles. The largest absolute Gasteiger partial charge is 0.460 e. The third-order valence-electron chi connectivity index (χ3n) is 2.24. The number of hydrogen-bond acceptors (Lipinski definition) is 6. The second kappa shape index (κ2) is 5.50. The van der Waals surface area contributed by atoms with Crippen molar-refractivity contribution in [2.45, 2.75) is 20.0 Å². The maximum atomic E-state index is 12.6. The van der Waals surface area contributed by atoms with Crippen LogP contribution in [0.2, 0.25) is 0 Å². The van der Waals surface area contributed by atoms with Crippen LogP contribution in [0.25, 0.3) is 0 Å². The molecule has 0 atom stereocenters. The minimum absolute atomic E-state index is 0.0350. The maximum Gasteiger partial charge on any atom is 0.378 e. The number of hydrogen-bond donors (Lipinski definition) is 0. The van der Waals surface area contributed by atoms with Gasteiger partial charge in [-0.25, -0.2) is 14.5 Å². The highest BCUT2D eigenvalue weighted by Gasteiger charge is 2.19. The zero-order chi connectivity index (χ0) is 13.8. The Labute approximate surface area is 106 Å². The van der Waals surface area contributed by atoms with Crippen molar-refractivity contribution in [3.05, 3.63) is 24.0 Å². The fourth-order valence-electron chi connectivity index (χ4n) is 1.43. The smallest absolute Gasteiger partial charge is 0.378 e. The van der Waals surface area contributed by atoms with E-state index in [1.807, 2.05) is 0 Å². The number of aromatic nitrogens is 6. The molecule has 0 saturated carbocycles. The van der Waals surface area contributed by atoms with E-state index in [1.54, 1.807) is 6.92 Å². The summed E-state index contributed by atoms with van der Waals surface area (Å²) < 4.78 is 31.7. The van der Waals surface area contributed by atoms with Crippen molar-refractivity contribution in [1.29, 1.82) is 0 Å². The van der Waals surface area contributed by atoms with Gasteiger partial charge in [0.2, 0.25) is 0 Å². The summed E-state index contributed by atoms with van der Waals surface area (Å²) in [6, 6.07) is 0. The number of alkyl halides is 2. The van der Waals surface area contributed by atoms with E-state index in [1.165, 1.54) is 6.20 Å². The van der Waals surface area contributed by atoms with Crippen LogP contribution in [0.3, 0.4) is 0 Å². The average molecular weight is 272 g/mol. The highest BCUT2D eigenvalue weighted by molar-refractivity contribution is 5.85. The molecule has 0 radical (unpaired) electrons. The van der Waals surface area contributed by atoms with Crippen molar-refractivity contribution in [2.75, 3.05) is 6.61 Å². The van der Waals surface area contributed by atoms with Crippen LogP contribution in [0, 0.1) is 0 Å². The lowest BCUT2D eigenvalue weighted by atomic mass is 10.5. The fraction of sp³-hybridized carbons (Fsp3) is 0.444. The molecule has 0 unspecified atom stereocenters. The van der Waals surface area contributed by atoms with Crippen molar-refractivity contribution in [2.24, 2.45) is 0 Å². The SMILES string of the molecule is CCOC(=O)c1nnnn1Cc1nccn1C(F)F. The van der Waals surface area contributed by atoms with E-state index < -0.39 is 12.5 Å². The fourth-order valence-corrected chi connectivity index (χ4v) is 1.43. The summed E-state index contributed by atoms with van der Waals surface area (Å²) in [5.41, 5.74) is 0. The molecular formula is C9H10F2N6O2. The Hall–Kier alpha value is -2.39. The summed E-state index contributed by atoms with van der Waals surface area (Å²) in [6.07, 6.45) is 2.37. The van der Waals surface area contributed by atoms with E-state index in [9.17, 15) is 13.6 Å². The summed E-state index contributed by atoms with van der Waals surface area (Å²) in [6.45, 7) is -1.08. The lowest BCUT2D eigenvalue weighted by Crippen LogP contribution is -2.17. The quantitative estimate of drug-likeness (QED) is 0.736. The molecule has 2 rings (SSSR count). The summed E-state index contributed by atoms with van der Waals surface area (Å²) in [7, 11) is 0. The minimum atomic E-state index is -2.72. The molecule has 102 valence electrons. The number of carbonyl (C=O) groups excluding carboxylic acids is 1. The lowest BCUT2D eigenvalue weighted by Gasteiger charge is -2.07. The molecule has 0 aliphatic carbocycles. The molecule has 0 amide bonds. The van der Waals surface area contributed by atoms with E-state index in [0.717, 1.165) is 10.9 Å². The molecular weight excluding hydrogens is 262 g/mol. The number of halogens is 2. The number of nitrogens with zero attached hydrogens (tertiary/aromatic N) is 6. The van der Waals surface area contributed by atoms with Crippen LogP contribution in [0.5, 0.6) is 0 Å². The number of ether oxygens (including phenoxy) is 1. The zero-order valence-electron chi connectivity index (χ0n) is 9.90. The van der Waals surface area contributed by atoms with E-state index in [-0.39, 0.29) is 24.8 Å². The molecule has 10 heteroatoms. The molecule has 19 heavy (non-hydrogen) atoms. The van der Waals surface area contributed by atoms with Crippen LogP contribution >= 0.6 is 0 Å². The third kappa shape index (κ3) is 2.72. The first kappa shape index (κ1) is 13.1. The summed E-state index contributed by atoms with van der Waals surface area (Å²) >= 11 is 0. The van der Waals surface area contributed by atoms with Crippen LogP contribution in [-0.2, 0) is 11.3 Å². The molecule has 0 aromatic carbocycles. The van der Waals surface area contributed by atoms with Crippen molar-refractivity contribution >= 4 is 5.97 Å².